The van der Waals surface area contributed by atoms with Gasteiger partial charge in [-0.2, -0.15) is 0 Å². The largest absolute Gasteiger partial charge is 0.396 e. The molecule has 1 aliphatic carbocycles. The Kier molecular flexibility index (Phi) is 4.62. The van der Waals surface area contributed by atoms with Crippen molar-refractivity contribution in [2.45, 2.75) is 57.2 Å². The molecule has 0 radical (unpaired) electrons. The zero-order valence-corrected chi connectivity index (χ0v) is 10.1. The molecule has 1 N–H and O–H groups in total. The van der Waals surface area contributed by atoms with E-state index in [-0.39, 0.29) is 5.79 Å². The molecule has 1 aliphatic heterocycles. The van der Waals surface area contributed by atoms with Gasteiger partial charge in [-0.05, 0) is 31.6 Å². The van der Waals surface area contributed by atoms with E-state index in [2.05, 4.69) is 0 Å². The number of aliphatic hydroxyl groups is 1. The van der Waals surface area contributed by atoms with Crippen LogP contribution in [0.5, 0.6) is 0 Å². The van der Waals surface area contributed by atoms with Gasteiger partial charge in [-0.15, -0.1) is 0 Å². The molecule has 1 heterocycles. The third-order valence-corrected chi connectivity index (χ3v) is 3.91. The summed E-state index contributed by atoms with van der Waals surface area (Å²) >= 11 is 0. The van der Waals surface area contributed by atoms with Crippen LogP contribution in [0.2, 0.25) is 0 Å². The Morgan fingerprint density at radius 1 is 0.938 bits per heavy atom. The van der Waals surface area contributed by atoms with Crippen molar-refractivity contribution in [3.8, 4) is 0 Å². The lowest BCUT2D eigenvalue weighted by Gasteiger charge is -2.29. The fourth-order valence-corrected chi connectivity index (χ4v) is 2.90. The van der Waals surface area contributed by atoms with Crippen molar-refractivity contribution in [2.75, 3.05) is 19.8 Å². The van der Waals surface area contributed by atoms with Crippen molar-refractivity contribution in [2.24, 2.45) is 5.92 Å². The summed E-state index contributed by atoms with van der Waals surface area (Å²) in [6, 6.07) is 0. The van der Waals surface area contributed by atoms with Crippen molar-refractivity contribution in [1.82, 2.24) is 0 Å². The zero-order chi connectivity index (χ0) is 11.3. The average molecular weight is 228 g/mol. The Morgan fingerprint density at radius 3 is 2.38 bits per heavy atom. The maximum atomic E-state index is 9.26. The standard InChI is InChI=1S/C13H24O3/c14-11-12-5-2-1-3-7-13(8-4-6-12)15-9-10-16-13/h12,14H,1-11H2. The molecule has 16 heavy (non-hydrogen) atoms. The maximum Gasteiger partial charge on any atom is 0.168 e. The third-order valence-electron chi connectivity index (χ3n) is 3.91. The van der Waals surface area contributed by atoms with Crippen LogP contribution in [0.4, 0.5) is 0 Å². The molecule has 0 aromatic carbocycles. The number of ether oxygens (including phenoxy) is 2. The van der Waals surface area contributed by atoms with Crippen LogP contribution < -0.4 is 0 Å². The molecule has 0 amide bonds. The van der Waals surface area contributed by atoms with Crippen LogP contribution in [-0.2, 0) is 9.47 Å². The minimum Gasteiger partial charge on any atom is -0.396 e. The van der Waals surface area contributed by atoms with Crippen molar-refractivity contribution in [1.29, 1.82) is 0 Å². The van der Waals surface area contributed by atoms with Gasteiger partial charge < -0.3 is 14.6 Å². The fourth-order valence-electron chi connectivity index (χ4n) is 2.90. The highest BCUT2D eigenvalue weighted by atomic mass is 16.7. The van der Waals surface area contributed by atoms with Crippen LogP contribution in [0, 0.1) is 5.92 Å². The number of aliphatic hydroxyl groups excluding tert-OH is 1. The van der Waals surface area contributed by atoms with Crippen molar-refractivity contribution >= 4 is 0 Å². The van der Waals surface area contributed by atoms with E-state index in [1.54, 1.807) is 0 Å². The first-order valence-electron chi connectivity index (χ1n) is 6.73. The summed E-state index contributed by atoms with van der Waals surface area (Å²) in [6.45, 7) is 1.85. The van der Waals surface area contributed by atoms with Gasteiger partial charge >= 0.3 is 0 Å². The Morgan fingerprint density at radius 2 is 1.62 bits per heavy atom. The van der Waals surface area contributed by atoms with Crippen molar-refractivity contribution in [3.05, 3.63) is 0 Å². The molecule has 0 aromatic rings. The number of hydrogen-bond acceptors (Lipinski definition) is 3. The van der Waals surface area contributed by atoms with Crippen LogP contribution >= 0.6 is 0 Å². The van der Waals surface area contributed by atoms with E-state index in [0.29, 0.717) is 12.5 Å². The first-order chi connectivity index (χ1) is 7.85. The maximum absolute atomic E-state index is 9.26. The van der Waals surface area contributed by atoms with E-state index in [1.165, 1.54) is 25.7 Å². The average Bonchev–Trinajstić information content (AvgIpc) is 2.76. The van der Waals surface area contributed by atoms with Gasteiger partial charge in [-0.25, -0.2) is 0 Å². The SMILES string of the molecule is OCC1CCCCCC2(CCC1)OCCO2. The molecule has 94 valence electrons. The molecule has 1 spiro atoms. The van der Waals surface area contributed by atoms with Crippen LogP contribution in [0.1, 0.15) is 51.4 Å². The van der Waals surface area contributed by atoms with E-state index in [4.69, 9.17) is 9.47 Å². The minimum atomic E-state index is -0.267. The summed E-state index contributed by atoms with van der Waals surface area (Å²) in [5, 5.41) is 9.26. The molecule has 1 atom stereocenters. The van der Waals surface area contributed by atoms with Crippen molar-refractivity contribution in [3.63, 3.8) is 0 Å². The molecule has 2 rings (SSSR count). The molecule has 2 fully saturated rings. The first kappa shape index (κ1) is 12.3. The van der Waals surface area contributed by atoms with Gasteiger partial charge in [0.25, 0.3) is 0 Å². The van der Waals surface area contributed by atoms with Crippen LogP contribution in [0.15, 0.2) is 0 Å². The van der Waals surface area contributed by atoms with E-state index in [1.807, 2.05) is 0 Å². The summed E-state index contributed by atoms with van der Waals surface area (Å²) in [4.78, 5) is 0. The summed E-state index contributed by atoms with van der Waals surface area (Å²) in [5.74, 6) is 0.230. The molecule has 3 heteroatoms. The zero-order valence-electron chi connectivity index (χ0n) is 10.1. The van der Waals surface area contributed by atoms with Gasteiger partial charge in [0.2, 0.25) is 0 Å². The summed E-state index contributed by atoms with van der Waals surface area (Å²) in [6.07, 6.45) is 9.14. The molecule has 1 unspecified atom stereocenters. The Balaban J connectivity index is 1.87. The predicted molar refractivity (Wildman–Crippen MR) is 62.1 cm³/mol. The number of hydrogen-bond donors (Lipinski definition) is 1. The first-order valence-corrected chi connectivity index (χ1v) is 6.73. The van der Waals surface area contributed by atoms with Gasteiger partial charge in [0.1, 0.15) is 0 Å². The highest BCUT2D eigenvalue weighted by Crippen LogP contribution is 2.33. The van der Waals surface area contributed by atoms with Crippen LogP contribution in [0.3, 0.4) is 0 Å². The van der Waals surface area contributed by atoms with E-state index >= 15 is 0 Å². The van der Waals surface area contributed by atoms with Gasteiger partial charge in [0.15, 0.2) is 5.79 Å². The summed E-state index contributed by atoms with van der Waals surface area (Å²) in [7, 11) is 0. The summed E-state index contributed by atoms with van der Waals surface area (Å²) in [5.41, 5.74) is 0. The van der Waals surface area contributed by atoms with E-state index in [9.17, 15) is 5.11 Å². The van der Waals surface area contributed by atoms with Crippen LogP contribution in [0.25, 0.3) is 0 Å². The highest BCUT2D eigenvalue weighted by molar-refractivity contribution is 4.76. The molecule has 1 saturated carbocycles. The molecule has 1 saturated heterocycles. The van der Waals surface area contributed by atoms with Crippen LogP contribution in [-0.4, -0.2) is 30.7 Å². The second-order valence-electron chi connectivity index (χ2n) is 5.15. The normalized spacial score (nSPS) is 31.7. The van der Waals surface area contributed by atoms with E-state index in [0.717, 1.165) is 38.9 Å². The monoisotopic (exact) mass is 228 g/mol. The lowest BCUT2D eigenvalue weighted by atomic mass is 9.90. The predicted octanol–water partition coefficient (Wildman–Crippen LogP) is 2.47. The Bertz CT molecular complexity index is 199. The highest BCUT2D eigenvalue weighted by Gasteiger charge is 2.35. The smallest absolute Gasteiger partial charge is 0.168 e. The second-order valence-corrected chi connectivity index (χ2v) is 5.15. The third kappa shape index (κ3) is 3.19. The van der Waals surface area contributed by atoms with Gasteiger partial charge in [0.05, 0.1) is 13.2 Å². The molecule has 0 aromatic heterocycles. The molecule has 3 nitrogen and oxygen atoms in total. The Hall–Kier alpha value is -0.120. The van der Waals surface area contributed by atoms with Gasteiger partial charge in [-0.1, -0.05) is 12.8 Å². The quantitative estimate of drug-likeness (QED) is 0.749. The lowest BCUT2D eigenvalue weighted by Crippen LogP contribution is -2.30. The molecule has 2 aliphatic rings. The molecule has 0 bridgehead atoms. The minimum absolute atomic E-state index is 0.267. The topological polar surface area (TPSA) is 38.7 Å². The molecular weight excluding hydrogens is 204 g/mol. The number of rotatable bonds is 1. The van der Waals surface area contributed by atoms with Crippen molar-refractivity contribution < 1.29 is 14.6 Å². The lowest BCUT2D eigenvalue weighted by molar-refractivity contribution is -0.169. The van der Waals surface area contributed by atoms with E-state index < -0.39 is 0 Å². The summed E-state index contributed by atoms with van der Waals surface area (Å²) < 4.78 is 11.6. The van der Waals surface area contributed by atoms with Gasteiger partial charge in [0, 0.05) is 19.4 Å². The van der Waals surface area contributed by atoms with Gasteiger partial charge in [-0.3, -0.25) is 0 Å². The fraction of sp³-hybridized carbons (Fsp3) is 1.00. The second kappa shape index (κ2) is 5.99. The Labute approximate surface area is 98.1 Å². The molecular formula is C13H24O3.